The van der Waals surface area contributed by atoms with E-state index in [9.17, 15) is 0 Å². The molecule has 1 aliphatic rings. The van der Waals surface area contributed by atoms with Crippen LogP contribution in [0.25, 0.3) is 0 Å². The molecule has 0 spiro atoms. The van der Waals surface area contributed by atoms with Gasteiger partial charge in [-0.05, 0) is 18.9 Å². The summed E-state index contributed by atoms with van der Waals surface area (Å²) in [5.41, 5.74) is 0. The fourth-order valence-electron chi connectivity index (χ4n) is 2.27. The lowest BCUT2D eigenvalue weighted by Gasteiger charge is -2.21. The van der Waals surface area contributed by atoms with Crippen LogP contribution in [-0.2, 0) is 0 Å². The molecule has 1 aliphatic carbocycles. The molecule has 7 heteroatoms. The number of hydrogen-bond donors (Lipinski definition) is 1. The average molecular weight is 327 g/mol. The van der Waals surface area contributed by atoms with Gasteiger partial charge in [-0.2, -0.15) is 0 Å². The van der Waals surface area contributed by atoms with Crippen molar-refractivity contribution in [3.05, 3.63) is 23.5 Å². The number of nitrogens with one attached hydrogen (secondary N) is 1. The normalized spacial score (nSPS) is 16.2. The summed E-state index contributed by atoms with van der Waals surface area (Å²) in [6, 6.07) is 2.45. The first kappa shape index (κ1) is 14.1. The summed E-state index contributed by atoms with van der Waals surface area (Å²) in [6.45, 7) is 0. The van der Waals surface area contributed by atoms with Crippen LogP contribution in [0.2, 0.25) is 5.02 Å². The first-order valence-electron chi connectivity index (χ1n) is 6.68. The van der Waals surface area contributed by atoms with Crippen LogP contribution in [0.1, 0.15) is 32.1 Å². The lowest BCUT2D eigenvalue weighted by molar-refractivity contribution is 0.462. The Labute approximate surface area is 131 Å². The van der Waals surface area contributed by atoms with E-state index in [1.54, 1.807) is 23.7 Å². The van der Waals surface area contributed by atoms with E-state index < -0.39 is 0 Å². The second-order valence-corrected chi connectivity index (χ2v) is 7.43. The standard InChI is InChI=1S/C13H15ClN4S2/c14-10-8-15-7-6-11(10)19-13-18-17-12(20-13)16-9-4-2-1-3-5-9/h6-9H,1-5H2,(H,16,17). The van der Waals surface area contributed by atoms with Crippen molar-refractivity contribution >= 4 is 39.8 Å². The average Bonchev–Trinajstić information content (AvgIpc) is 2.90. The molecule has 1 N–H and O–H groups in total. The fourth-order valence-corrected chi connectivity index (χ4v) is 4.28. The van der Waals surface area contributed by atoms with Crippen molar-refractivity contribution in [3.8, 4) is 0 Å². The molecule has 2 heterocycles. The second-order valence-electron chi connectivity index (χ2n) is 4.76. The number of nitrogens with zero attached hydrogens (tertiary/aromatic N) is 3. The number of hydrogen-bond acceptors (Lipinski definition) is 6. The third-order valence-corrected chi connectivity index (χ3v) is 5.67. The van der Waals surface area contributed by atoms with Crippen LogP contribution in [0.4, 0.5) is 5.13 Å². The first-order chi connectivity index (χ1) is 9.81. The Kier molecular flexibility index (Phi) is 4.75. The van der Waals surface area contributed by atoms with Gasteiger partial charge in [0.1, 0.15) is 0 Å². The van der Waals surface area contributed by atoms with E-state index in [1.807, 2.05) is 6.07 Å². The third-order valence-electron chi connectivity index (χ3n) is 3.27. The van der Waals surface area contributed by atoms with E-state index in [2.05, 4.69) is 20.5 Å². The molecule has 0 bridgehead atoms. The molecule has 106 valence electrons. The molecule has 20 heavy (non-hydrogen) atoms. The zero-order chi connectivity index (χ0) is 13.8. The Morgan fingerprint density at radius 3 is 2.90 bits per heavy atom. The van der Waals surface area contributed by atoms with E-state index in [-0.39, 0.29) is 0 Å². The Bertz CT molecular complexity index is 569. The molecule has 2 aromatic rings. The molecule has 0 atom stereocenters. The molecule has 4 nitrogen and oxygen atoms in total. The molecule has 0 saturated heterocycles. The second kappa shape index (κ2) is 6.74. The van der Waals surface area contributed by atoms with Crippen molar-refractivity contribution in [1.82, 2.24) is 15.2 Å². The van der Waals surface area contributed by atoms with Crippen molar-refractivity contribution in [1.29, 1.82) is 0 Å². The topological polar surface area (TPSA) is 50.7 Å². The van der Waals surface area contributed by atoms with E-state index in [1.165, 1.54) is 43.9 Å². The van der Waals surface area contributed by atoms with E-state index >= 15 is 0 Å². The maximum absolute atomic E-state index is 6.09. The summed E-state index contributed by atoms with van der Waals surface area (Å²) in [5.74, 6) is 0. The maximum Gasteiger partial charge on any atom is 0.206 e. The Hall–Kier alpha value is -0.850. The zero-order valence-corrected chi connectivity index (χ0v) is 13.3. The summed E-state index contributed by atoms with van der Waals surface area (Å²) in [4.78, 5) is 4.94. The third kappa shape index (κ3) is 3.62. The van der Waals surface area contributed by atoms with Gasteiger partial charge in [0.2, 0.25) is 5.13 Å². The van der Waals surface area contributed by atoms with Crippen molar-refractivity contribution in [2.45, 2.75) is 47.4 Å². The molecular weight excluding hydrogens is 312 g/mol. The van der Waals surface area contributed by atoms with E-state index in [0.717, 1.165) is 14.4 Å². The smallest absolute Gasteiger partial charge is 0.206 e. The van der Waals surface area contributed by atoms with Gasteiger partial charge in [-0.25, -0.2) is 0 Å². The monoisotopic (exact) mass is 326 g/mol. The molecule has 0 aromatic carbocycles. The van der Waals surface area contributed by atoms with Gasteiger partial charge in [0.15, 0.2) is 4.34 Å². The highest BCUT2D eigenvalue weighted by Gasteiger charge is 2.15. The van der Waals surface area contributed by atoms with Gasteiger partial charge in [0.05, 0.1) is 5.02 Å². The number of pyridine rings is 1. The maximum atomic E-state index is 6.09. The van der Waals surface area contributed by atoms with Crippen molar-refractivity contribution in [2.75, 3.05) is 5.32 Å². The van der Waals surface area contributed by atoms with Gasteiger partial charge < -0.3 is 5.32 Å². The summed E-state index contributed by atoms with van der Waals surface area (Å²) in [6.07, 6.45) is 9.82. The summed E-state index contributed by atoms with van der Waals surface area (Å²) in [7, 11) is 0. The highest BCUT2D eigenvalue weighted by atomic mass is 35.5. The molecule has 0 unspecified atom stereocenters. The van der Waals surface area contributed by atoms with Gasteiger partial charge in [0.25, 0.3) is 0 Å². The van der Waals surface area contributed by atoms with Crippen LogP contribution in [0.3, 0.4) is 0 Å². The summed E-state index contributed by atoms with van der Waals surface area (Å²) >= 11 is 9.20. The van der Waals surface area contributed by atoms with E-state index in [4.69, 9.17) is 11.6 Å². The minimum absolute atomic E-state index is 0.555. The van der Waals surface area contributed by atoms with Crippen molar-refractivity contribution in [2.24, 2.45) is 0 Å². The van der Waals surface area contributed by atoms with Crippen LogP contribution in [0.15, 0.2) is 27.7 Å². The molecule has 2 aromatic heterocycles. The number of rotatable bonds is 4. The van der Waals surface area contributed by atoms with Gasteiger partial charge in [-0.3, -0.25) is 4.98 Å². The minimum atomic E-state index is 0.555. The Morgan fingerprint density at radius 2 is 2.10 bits per heavy atom. The van der Waals surface area contributed by atoms with Crippen molar-refractivity contribution in [3.63, 3.8) is 0 Å². The number of halogens is 1. The van der Waals surface area contributed by atoms with Gasteiger partial charge in [-0.15, -0.1) is 10.2 Å². The van der Waals surface area contributed by atoms with Gasteiger partial charge in [0, 0.05) is 23.3 Å². The van der Waals surface area contributed by atoms with E-state index in [0.29, 0.717) is 11.1 Å². The van der Waals surface area contributed by atoms with Gasteiger partial charge >= 0.3 is 0 Å². The SMILES string of the molecule is Clc1cnccc1Sc1nnc(NC2CCCCC2)s1. The van der Waals surface area contributed by atoms with Gasteiger partial charge in [-0.1, -0.05) is 54.0 Å². The summed E-state index contributed by atoms with van der Waals surface area (Å²) in [5, 5.41) is 13.5. The number of anilines is 1. The molecule has 3 rings (SSSR count). The predicted molar refractivity (Wildman–Crippen MR) is 83.8 cm³/mol. The molecule has 0 amide bonds. The zero-order valence-electron chi connectivity index (χ0n) is 10.9. The minimum Gasteiger partial charge on any atom is -0.357 e. The first-order valence-corrected chi connectivity index (χ1v) is 8.70. The highest BCUT2D eigenvalue weighted by Crippen LogP contribution is 2.35. The van der Waals surface area contributed by atoms with Crippen LogP contribution < -0.4 is 5.32 Å². The quantitative estimate of drug-likeness (QED) is 0.897. The summed E-state index contributed by atoms with van der Waals surface area (Å²) < 4.78 is 0.899. The Balaban J connectivity index is 1.63. The molecule has 0 radical (unpaired) electrons. The largest absolute Gasteiger partial charge is 0.357 e. The molecule has 0 aliphatic heterocycles. The van der Waals surface area contributed by atoms with Crippen LogP contribution in [0.5, 0.6) is 0 Å². The molecule has 1 saturated carbocycles. The Morgan fingerprint density at radius 1 is 1.25 bits per heavy atom. The fraction of sp³-hybridized carbons (Fsp3) is 0.462. The lowest BCUT2D eigenvalue weighted by atomic mass is 9.96. The van der Waals surface area contributed by atoms with Crippen LogP contribution in [-0.4, -0.2) is 21.2 Å². The molecular formula is C13H15ClN4S2. The van der Waals surface area contributed by atoms with Crippen LogP contribution >= 0.6 is 34.7 Å². The highest BCUT2D eigenvalue weighted by molar-refractivity contribution is 8.01. The van der Waals surface area contributed by atoms with Crippen LogP contribution in [0, 0.1) is 0 Å². The molecule has 1 fully saturated rings. The number of aromatic nitrogens is 3. The predicted octanol–water partition coefficient (Wildman–Crippen LogP) is 4.48. The lowest BCUT2D eigenvalue weighted by Crippen LogP contribution is -2.21. The van der Waals surface area contributed by atoms with Crippen molar-refractivity contribution < 1.29 is 0 Å².